The maximum atomic E-state index is 12.9. The molecule has 0 saturated carbocycles. The summed E-state index contributed by atoms with van der Waals surface area (Å²) < 4.78 is 38.7. The molecule has 0 aliphatic carbocycles. The molecule has 1 aromatic heterocycles. The number of alkyl halides is 3. The molecule has 1 aliphatic rings. The van der Waals surface area contributed by atoms with E-state index in [2.05, 4.69) is 32.0 Å². The van der Waals surface area contributed by atoms with E-state index in [1.54, 1.807) is 19.3 Å². The van der Waals surface area contributed by atoms with Gasteiger partial charge in [0, 0.05) is 58.7 Å². The van der Waals surface area contributed by atoms with Crippen LogP contribution in [0, 0.1) is 6.92 Å². The first kappa shape index (κ1) is 22.1. The van der Waals surface area contributed by atoms with Crippen LogP contribution in [0.25, 0.3) is 0 Å². The van der Waals surface area contributed by atoms with Crippen molar-refractivity contribution in [2.24, 2.45) is 4.99 Å². The average molecular weight is 419 g/mol. The van der Waals surface area contributed by atoms with Crippen molar-refractivity contribution in [3.05, 3.63) is 65.0 Å². The van der Waals surface area contributed by atoms with Gasteiger partial charge in [-0.1, -0.05) is 18.2 Å². The summed E-state index contributed by atoms with van der Waals surface area (Å²) in [5, 5.41) is 3.42. The summed E-state index contributed by atoms with van der Waals surface area (Å²) >= 11 is 0. The summed E-state index contributed by atoms with van der Waals surface area (Å²) in [5.74, 6) is 0.862. The van der Waals surface area contributed by atoms with Crippen LogP contribution in [0.15, 0.2) is 47.7 Å². The van der Waals surface area contributed by atoms with Crippen LogP contribution in [-0.4, -0.2) is 60.5 Å². The first-order valence-electron chi connectivity index (χ1n) is 10.1. The lowest BCUT2D eigenvalue weighted by Gasteiger charge is -2.36. The SMILES string of the molecule is CN=C(NCCc1ccncc1C)N1CCN(Cc2cccc(C(F)(F)F)c2)CC1. The molecule has 1 N–H and O–H groups in total. The molecule has 8 heteroatoms. The van der Waals surface area contributed by atoms with E-state index < -0.39 is 11.7 Å². The maximum absolute atomic E-state index is 12.9. The van der Waals surface area contributed by atoms with Gasteiger partial charge in [-0.05, 0) is 42.2 Å². The van der Waals surface area contributed by atoms with E-state index >= 15 is 0 Å². The molecular formula is C22H28F3N5. The third-order valence-corrected chi connectivity index (χ3v) is 5.36. The molecule has 2 heterocycles. The molecule has 0 unspecified atom stereocenters. The van der Waals surface area contributed by atoms with Crippen LogP contribution in [0.5, 0.6) is 0 Å². The van der Waals surface area contributed by atoms with Crippen molar-refractivity contribution >= 4 is 5.96 Å². The Kier molecular flexibility index (Phi) is 7.31. The lowest BCUT2D eigenvalue weighted by molar-refractivity contribution is -0.137. The standard InChI is InChI=1S/C22H28F3N5/c1-17-15-27-8-6-19(17)7-9-28-21(26-2)30-12-10-29(11-13-30)16-18-4-3-5-20(14-18)22(23,24)25/h3-6,8,14-15H,7,9-13,16H2,1-2H3,(H,26,28). The first-order valence-corrected chi connectivity index (χ1v) is 10.1. The van der Waals surface area contributed by atoms with Crippen LogP contribution in [0.1, 0.15) is 22.3 Å². The van der Waals surface area contributed by atoms with Gasteiger partial charge in [-0.3, -0.25) is 14.9 Å². The summed E-state index contributed by atoms with van der Waals surface area (Å²) in [4.78, 5) is 12.9. The number of nitrogens with one attached hydrogen (secondary N) is 1. The highest BCUT2D eigenvalue weighted by molar-refractivity contribution is 5.80. The molecule has 1 fully saturated rings. The quantitative estimate of drug-likeness (QED) is 0.596. The Morgan fingerprint density at radius 3 is 2.60 bits per heavy atom. The second-order valence-corrected chi connectivity index (χ2v) is 7.49. The number of rotatable bonds is 5. The molecule has 162 valence electrons. The number of hydrogen-bond donors (Lipinski definition) is 1. The van der Waals surface area contributed by atoms with Gasteiger partial charge in [0.05, 0.1) is 5.56 Å². The van der Waals surface area contributed by atoms with Crippen LogP contribution >= 0.6 is 0 Å². The van der Waals surface area contributed by atoms with Crippen molar-refractivity contribution in [2.45, 2.75) is 26.1 Å². The largest absolute Gasteiger partial charge is 0.416 e. The topological polar surface area (TPSA) is 43.8 Å². The van der Waals surface area contributed by atoms with Crippen molar-refractivity contribution in [3.8, 4) is 0 Å². The minimum Gasteiger partial charge on any atom is -0.356 e. The zero-order valence-electron chi connectivity index (χ0n) is 17.4. The van der Waals surface area contributed by atoms with E-state index in [4.69, 9.17) is 0 Å². The number of hydrogen-bond acceptors (Lipinski definition) is 3. The molecular weight excluding hydrogens is 391 g/mol. The Bertz CT molecular complexity index is 858. The lowest BCUT2D eigenvalue weighted by Crippen LogP contribution is -2.52. The molecule has 0 amide bonds. The van der Waals surface area contributed by atoms with Crippen LogP contribution in [-0.2, 0) is 19.1 Å². The van der Waals surface area contributed by atoms with Gasteiger partial charge in [-0.25, -0.2) is 0 Å². The van der Waals surface area contributed by atoms with E-state index in [-0.39, 0.29) is 0 Å². The van der Waals surface area contributed by atoms with Gasteiger partial charge >= 0.3 is 6.18 Å². The van der Waals surface area contributed by atoms with Crippen LogP contribution in [0.3, 0.4) is 0 Å². The molecule has 30 heavy (non-hydrogen) atoms. The zero-order chi connectivity index (χ0) is 21.6. The highest BCUT2D eigenvalue weighted by Gasteiger charge is 2.30. The van der Waals surface area contributed by atoms with Gasteiger partial charge in [-0.15, -0.1) is 0 Å². The monoisotopic (exact) mass is 419 g/mol. The minimum atomic E-state index is -4.30. The Hall–Kier alpha value is -2.61. The highest BCUT2D eigenvalue weighted by Crippen LogP contribution is 2.29. The first-order chi connectivity index (χ1) is 14.4. The van der Waals surface area contributed by atoms with E-state index in [1.165, 1.54) is 23.3 Å². The second kappa shape index (κ2) is 9.93. The Labute approximate surface area is 175 Å². The van der Waals surface area contributed by atoms with Gasteiger partial charge in [0.15, 0.2) is 5.96 Å². The van der Waals surface area contributed by atoms with E-state index in [0.717, 1.165) is 51.2 Å². The molecule has 3 rings (SSSR count). The predicted molar refractivity (Wildman–Crippen MR) is 112 cm³/mol. The molecule has 1 aliphatic heterocycles. The van der Waals surface area contributed by atoms with Crippen molar-refractivity contribution in [2.75, 3.05) is 39.8 Å². The molecule has 1 aromatic carbocycles. The Balaban J connectivity index is 1.47. The average Bonchev–Trinajstić information content (AvgIpc) is 2.73. The number of nitrogens with zero attached hydrogens (tertiary/aromatic N) is 4. The third-order valence-electron chi connectivity index (χ3n) is 5.36. The summed E-state index contributed by atoms with van der Waals surface area (Å²) in [7, 11) is 1.77. The summed E-state index contributed by atoms with van der Waals surface area (Å²) in [6, 6.07) is 7.62. The number of piperazine rings is 1. The van der Waals surface area contributed by atoms with E-state index in [1.807, 2.05) is 12.3 Å². The van der Waals surface area contributed by atoms with Crippen LogP contribution in [0.4, 0.5) is 13.2 Å². The lowest BCUT2D eigenvalue weighted by atomic mass is 10.1. The number of pyridine rings is 1. The van der Waals surface area contributed by atoms with Crippen LogP contribution < -0.4 is 5.32 Å². The molecule has 5 nitrogen and oxygen atoms in total. The molecule has 0 atom stereocenters. The maximum Gasteiger partial charge on any atom is 0.416 e. The zero-order valence-corrected chi connectivity index (χ0v) is 17.4. The normalized spacial score (nSPS) is 16.0. The van der Waals surface area contributed by atoms with Crippen LogP contribution in [0.2, 0.25) is 0 Å². The second-order valence-electron chi connectivity index (χ2n) is 7.49. The van der Waals surface area contributed by atoms with Crippen molar-refractivity contribution < 1.29 is 13.2 Å². The van der Waals surface area contributed by atoms with Gasteiger partial charge in [0.1, 0.15) is 0 Å². The van der Waals surface area contributed by atoms with Gasteiger partial charge in [-0.2, -0.15) is 13.2 Å². The van der Waals surface area contributed by atoms with Crippen molar-refractivity contribution in [1.82, 2.24) is 20.1 Å². The smallest absolute Gasteiger partial charge is 0.356 e. The predicted octanol–water partition coefficient (Wildman–Crippen LogP) is 3.34. The summed E-state index contributed by atoms with van der Waals surface area (Å²) in [5.41, 5.74) is 2.54. The number of halogens is 3. The summed E-state index contributed by atoms with van der Waals surface area (Å²) in [6.07, 6.45) is 0.263. The Morgan fingerprint density at radius 2 is 1.93 bits per heavy atom. The third kappa shape index (κ3) is 5.95. The number of guanidine groups is 1. The van der Waals surface area contributed by atoms with Gasteiger partial charge < -0.3 is 10.2 Å². The van der Waals surface area contributed by atoms with Gasteiger partial charge in [0.25, 0.3) is 0 Å². The number of benzene rings is 1. The molecule has 2 aromatic rings. The summed E-state index contributed by atoms with van der Waals surface area (Å²) in [6.45, 7) is 6.48. The fraction of sp³-hybridized carbons (Fsp3) is 0.455. The molecule has 0 bridgehead atoms. The molecule has 0 radical (unpaired) electrons. The molecule has 0 spiro atoms. The fourth-order valence-electron chi connectivity index (χ4n) is 3.65. The van der Waals surface area contributed by atoms with E-state index in [9.17, 15) is 13.2 Å². The van der Waals surface area contributed by atoms with Crippen molar-refractivity contribution in [3.63, 3.8) is 0 Å². The number of aryl methyl sites for hydroxylation is 1. The number of aliphatic imine (C=N–C) groups is 1. The van der Waals surface area contributed by atoms with Gasteiger partial charge in [0.2, 0.25) is 0 Å². The van der Waals surface area contributed by atoms with E-state index in [0.29, 0.717) is 12.1 Å². The number of aromatic nitrogens is 1. The minimum absolute atomic E-state index is 0.519. The van der Waals surface area contributed by atoms with Crippen molar-refractivity contribution in [1.29, 1.82) is 0 Å². The molecule has 1 saturated heterocycles. The Morgan fingerprint density at radius 1 is 1.17 bits per heavy atom. The fourth-order valence-corrected chi connectivity index (χ4v) is 3.65. The highest BCUT2D eigenvalue weighted by atomic mass is 19.4.